The summed E-state index contributed by atoms with van der Waals surface area (Å²) in [6.07, 6.45) is 1.93. The third-order valence-electron chi connectivity index (χ3n) is 3.23. The number of hydrogen-bond acceptors (Lipinski definition) is 3. The SMILES string of the molecule is CCNC(C)CC(=O)N1CCC(C)(O)CC1. The molecule has 2 N–H and O–H groups in total. The van der Waals surface area contributed by atoms with E-state index >= 15 is 0 Å². The molecule has 4 nitrogen and oxygen atoms in total. The lowest BCUT2D eigenvalue weighted by Gasteiger charge is -2.36. The molecule has 1 aliphatic rings. The molecule has 4 heteroatoms. The molecular weight excluding hydrogens is 204 g/mol. The van der Waals surface area contributed by atoms with Gasteiger partial charge in [0.25, 0.3) is 0 Å². The number of carbonyl (C=O) groups is 1. The maximum absolute atomic E-state index is 11.9. The Kier molecular flexibility index (Phi) is 4.74. The molecule has 1 unspecified atom stereocenters. The second-order valence-corrected chi connectivity index (χ2v) is 5.04. The molecule has 0 spiro atoms. The molecule has 1 atom stereocenters. The van der Waals surface area contributed by atoms with E-state index in [1.165, 1.54) is 0 Å². The van der Waals surface area contributed by atoms with Crippen molar-refractivity contribution in [3.8, 4) is 0 Å². The average molecular weight is 228 g/mol. The number of likely N-dealkylation sites (tertiary alicyclic amines) is 1. The van der Waals surface area contributed by atoms with Crippen LogP contribution in [0.4, 0.5) is 0 Å². The van der Waals surface area contributed by atoms with E-state index in [-0.39, 0.29) is 11.9 Å². The van der Waals surface area contributed by atoms with Gasteiger partial charge >= 0.3 is 0 Å². The Hall–Kier alpha value is -0.610. The van der Waals surface area contributed by atoms with Crippen LogP contribution in [0, 0.1) is 0 Å². The highest BCUT2D eigenvalue weighted by Gasteiger charge is 2.29. The van der Waals surface area contributed by atoms with Crippen LogP contribution in [0.1, 0.15) is 40.0 Å². The van der Waals surface area contributed by atoms with Gasteiger partial charge in [-0.25, -0.2) is 0 Å². The van der Waals surface area contributed by atoms with Crippen LogP contribution in [0.2, 0.25) is 0 Å². The minimum atomic E-state index is -0.579. The fourth-order valence-electron chi connectivity index (χ4n) is 2.05. The van der Waals surface area contributed by atoms with Crippen LogP contribution in [0.3, 0.4) is 0 Å². The van der Waals surface area contributed by atoms with Crippen LogP contribution in [-0.4, -0.2) is 47.2 Å². The zero-order valence-electron chi connectivity index (χ0n) is 10.6. The standard InChI is InChI=1S/C12H24N2O2/c1-4-13-10(2)9-11(15)14-7-5-12(3,16)6-8-14/h10,13,16H,4-9H2,1-3H3. The Morgan fingerprint density at radius 1 is 1.50 bits per heavy atom. The van der Waals surface area contributed by atoms with Gasteiger partial charge < -0.3 is 15.3 Å². The van der Waals surface area contributed by atoms with Crippen LogP contribution >= 0.6 is 0 Å². The summed E-state index contributed by atoms with van der Waals surface area (Å²) in [6.45, 7) is 8.18. The Bertz CT molecular complexity index is 231. The quantitative estimate of drug-likeness (QED) is 0.746. The van der Waals surface area contributed by atoms with Gasteiger partial charge in [0.1, 0.15) is 0 Å². The van der Waals surface area contributed by atoms with Gasteiger partial charge in [0.05, 0.1) is 5.60 Å². The molecule has 16 heavy (non-hydrogen) atoms. The molecule has 0 aromatic carbocycles. The van der Waals surface area contributed by atoms with Crippen molar-refractivity contribution in [1.29, 1.82) is 0 Å². The molecule has 1 saturated heterocycles. The first-order valence-electron chi connectivity index (χ1n) is 6.18. The van der Waals surface area contributed by atoms with Crippen LogP contribution in [0.15, 0.2) is 0 Å². The molecule has 0 radical (unpaired) electrons. The number of aliphatic hydroxyl groups is 1. The van der Waals surface area contributed by atoms with Gasteiger partial charge in [-0.1, -0.05) is 6.92 Å². The molecule has 1 heterocycles. The van der Waals surface area contributed by atoms with Crippen LogP contribution in [-0.2, 0) is 4.79 Å². The van der Waals surface area contributed by atoms with E-state index in [2.05, 4.69) is 5.32 Å². The van der Waals surface area contributed by atoms with Gasteiger partial charge in [-0.3, -0.25) is 4.79 Å². The zero-order chi connectivity index (χ0) is 12.2. The van der Waals surface area contributed by atoms with Gasteiger partial charge in [-0.15, -0.1) is 0 Å². The number of carbonyl (C=O) groups excluding carboxylic acids is 1. The summed E-state index contributed by atoms with van der Waals surface area (Å²) in [5.41, 5.74) is -0.579. The fourth-order valence-corrected chi connectivity index (χ4v) is 2.05. The van der Waals surface area contributed by atoms with Crippen molar-refractivity contribution in [2.24, 2.45) is 0 Å². The summed E-state index contributed by atoms with van der Waals surface area (Å²) in [5.74, 6) is 0.198. The first kappa shape index (κ1) is 13.5. The molecule has 1 rings (SSSR count). The predicted molar refractivity (Wildman–Crippen MR) is 64.2 cm³/mol. The van der Waals surface area contributed by atoms with E-state index < -0.39 is 5.60 Å². The summed E-state index contributed by atoms with van der Waals surface area (Å²) in [6, 6.07) is 0.236. The molecule has 0 bridgehead atoms. The normalized spacial score (nSPS) is 21.9. The van der Waals surface area contributed by atoms with Gasteiger partial charge in [-0.05, 0) is 33.2 Å². The first-order chi connectivity index (χ1) is 7.44. The molecular formula is C12H24N2O2. The maximum atomic E-state index is 11.9. The summed E-state index contributed by atoms with van der Waals surface area (Å²) in [4.78, 5) is 13.8. The highest BCUT2D eigenvalue weighted by atomic mass is 16.3. The van der Waals surface area contributed by atoms with E-state index in [9.17, 15) is 9.90 Å². The lowest BCUT2D eigenvalue weighted by Crippen LogP contribution is -2.46. The van der Waals surface area contributed by atoms with Gasteiger partial charge in [0.15, 0.2) is 0 Å². The average Bonchev–Trinajstić information content (AvgIpc) is 2.17. The number of piperidine rings is 1. The number of amides is 1. The van der Waals surface area contributed by atoms with Crippen molar-refractivity contribution in [2.75, 3.05) is 19.6 Å². The number of rotatable bonds is 4. The third kappa shape index (κ3) is 4.10. The second-order valence-electron chi connectivity index (χ2n) is 5.04. The minimum Gasteiger partial charge on any atom is -0.390 e. The van der Waals surface area contributed by atoms with E-state index in [1.807, 2.05) is 25.7 Å². The van der Waals surface area contributed by atoms with Gasteiger partial charge in [0.2, 0.25) is 5.91 Å². The largest absolute Gasteiger partial charge is 0.390 e. The summed E-state index contributed by atoms with van der Waals surface area (Å²) >= 11 is 0. The predicted octanol–water partition coefficient (Wildman–Crippen LogP) is 0.748. The summed E-state index contributed by atoms with van der Waals surface area (Å²) in [7, 11) is 0. The Morgan fingerprint density at radius 2 is 2.06 bits per heavy atom. The zero-order valence-corrected chi connectivity index (χ0v) is 10.6. The number of hydrogen-bond donors (Lipinski definition) is 2. The first-order valence-corrected chi connectivity index (χ1v) is 6.18. The Labute approximate surface area is 98.0 Å². The second kappa shape index (κ2) is 5.64. The van der Waals surface area contributed by atoms with Crippen molar-refractivity contribution < 1.29 is 9.90 Å². The molecule has 1 fully saturated rings. The lowest BCUT2D eigenvalue weighted by molar-refractivity contribution is -0.135. The van der Waals surface area contributed by atoms with Gasteiger partial charge in [0, 0.05) is 25.6 Å². The topological polar surface area (TPSA) is 52.6 Å². The van der Waals surface area contributed by atoms with E-state index in [0.29, 0.717) is 32.4 Å². The van der Waals surface area contributed by atoms with Crippen molar-refractivity contribution in [2.45, 2.75) is 51.7 Å². The van der Waals surface area contributed by atoms with Crippen molar-refractivity contribution in [1.82, 2.24) is 10.2 Å². The molecule has 94 valence electrons. The van der Waals surface area contributed by atoms with Gasteiger partial charge in [-0.2, -0.15) is 0 Å². The molecule has 0 aliphatic carbocycles. The fraction of sp³-hybridized carbons (Fsp3) is 0.917. The molecule has 1 amide bonds. The van der Waals surface area contributed by atoms with E-state index in [4.69, 9.17) is 0 Å². The highest BCUT2D eigenvalue weighted by Crippen LogP contribution is 2.21. The molecule has 1 aliphatic heterocycles. The number of nitrogens with zero attached hydrogens (tertiary/aromatic N) is 1. The van der Waals surface area contributed by atoms with Crippen LogP contribution in [0.25, 0.3) is 0 Å². The third-order valence-corrected chi connectivity index (χ3v) is 3.23. The summed E-state index contributed by atoms with van der Waals surface area (Å²) in [5, 5.41) is 13.0. The molecule has 0 aromatic rings. The van der Waals surface area contributed by atoms with Crippen molar-refractivity contribution in [3.05, 3.63) is 0 Å². The Morgan fingerprint density at radius 3 is 2.56 bits per heavy atom. The van der Waals surface area contributed by atoms with E-state index in [0.717, 1.165) is 6.54 Å². The highest BCUT2D eigenvalue weighted by molar-refractivity contribution is 5.76. The smallest absolute Gasteiger partial charge is 0.224 e. The molecule has 0 aromatic heterocycles. The van der Waals surface area contributed by atoms with E-state index in [1.54, 1.807) is 0 Å². The molecule has 0 saturated carbocycles. The van der Waals surface area contributed by atoms with Crippen molar-refractivity contribution >= 4 is 5.91 Å². The van der Waals surface area contributed by atoms with Crippen LogP contribution in [0.5, 0.6) is 0 Å². The number of nitrogens with one attached hydrogen (secondary N) is 1. The minimum absolute atomic E-state index is 0.198. The lowest BCUT2D eigenvalue weighted by atomic mass is 9.93. The maximum Gasteiger partial charge on any atom is 0.224 e. The summed E-state index contributed by atoms with van der Waals surface area (Å²) < 4.78 is 0. The monoisotopic (exact) mass is 228 g/mol. The van der Waals surface area contributed by atoms with Crippen molar-refractivity contribution in [3.63, 3.8) is 0 Å². The van der Waals surface area contributed by atoms with Crippen LogP contribution < -0.4 is 5.32 Å². The Balaban J connectivity index is 2.33.